The smallest absolute Gasteiger partial charge is 0.328 e. The van der Waals surface area contributed by atoms with Crippen molar-refractivity contribution in [3.05, 3.63) is 33.9 Å². The van der Waals surface area contributed by atoms with Gasteiger partial charge in [-0.25, -0.2) is 4.79 Å². The average molecular weight is 366 g/mol. The van der Waals surface area contributed by atoms with Crippen molar-refractivity contribution in [1.29, 1.82) is 0 Å². The molecule has 0 saturated heterocycles. The van der Waals surface area contributed by atoms with Crippen LogP contribution in [0.15, 0.2) is 18.2 Å². The number of methoxy groups -OCH3 is 1. The number of nitrogens with zero attached hydrogens (tertiary/aromatic N) is 1. The lowest BCUT2D eigenvalue weighted by Gasteiger charge is -2.17. The Bertz CT molecular complexity index is 632. The number of hydrogen-bond acceptors (Lipinski definition) is 6. The van der Waals surface area contributed by atoms with E-state index < -0.39 is 16.9 Å². The molecular formula is C18H26N2O6. The van der Waals surface area contributed by atoms with Gasteiger partial charge in [0.15, 0.2) is 5.75 Å². The summed E-state index contributed by atoms with van der Waals surface area (Å²) in [7, 11) is 1.35. The second-order valence-corrected chi connectivity index (χ2v) is 5.80. The van der Waals surface area contributed by atoms with E-state index in [1.165, 1.54) is 19.2 Å². The van der Waals surface area contributed by atoms with Gasteiger partial charge in [0.25, 0.3) is 0 Å². The molecule has 8 nitrogen and oxygen atoms in total. The molecule has 0 radical (unpaired) electrons. The number of carbonyl (C=O) groups excluding carboxylic acids is 2. The van der Waals surface area contributed by atoms with E-state index in [0.717, 1.165) is 19.3 Å². The number of unbranched alkanes of at least 4 members (excludes halogenated alkanes) is 2. The van der Waals surface area contributed by atoms with Crippen LogP contribution >= 0.6 is 0 Å². The number of benzene rings is 1. The van der Waals surface area contributed by atoms with Crippen molar-refractivity contribution >= 4 is 17.6 Å². The highest BCUT2D eigenvalue weighted by Gasteiger charge is 2.24. The van der Waals surface area contributed by atoms with E-state index in [2.05, 4.69) is 5.32 Å². The maximum atomic E-state index is 12.2. The number of amides is 1. The molecule has 1 aromatic carbocycles. The SMILES string of the molecule is CCCCCC(=O)NC(Cc1ccc(OC)c([N+](=O)[O-])c1)C(=O)OCC. The second kappa shape index (κ2) is 11.1. The fourth-order valence-electron chi connectivity index (χ4n) is 2.48. The first-order valence-corrected chi connectivity index (χ1v) is 8.70. The van der Waals surface area contributed by atoms with Gasteiger partial charge in [-0.3, -0.25) is 14.9 Å². The van der Waals surface area contributed by atoms with Crippen LogP contribution in [-0.4, -0.2) is 36.6 Å². The lowest BCUT2D eigenvalue weighted by molar-refractivity contribution is -0.385. The van der Waals surface area contributed by atoms with Crippen molar-refractivity contribution in [2.75, 3.05) is 13.7 Å². The zero-order valence-corrected chi connectivity index (χ0v) is 15.4. The van der Waals surface area contributed by atoms with Gasteiger partial charge in [0.1, 0.15) is 6.04 Å². The molecule has 0 aliphatic rings. The minimum Gasteiger partial charge on any atom is -0.490 e. The molecule has 0 saturated carbocycles. The predicted molar refractivity (Wildman–Crippen MR) is 96.1 cm³/mol. The molecule has 26 heavy (non-hydrogen) atoms. The van der Waals surface area contributed by atoms with Crippen LogP contribution in [-0.2, 0) is 20.7 Å². The molecule has 0 aliphatic heterocycles. The van der Waals surface area contributed by atoms with Gasteiger partial charge in [-0.05, 0) is 25.0 Å². The minimum absolute atomic E-state index is 0.100. The van der Waals surface area contributed by atoms with Crippen LogP contribution in [0.25, 0.3) is 0 Å². The van der Waals surface area contributed by atoms with Gasteiger partial charge in [-0.1, -0.05) is 25.8 Å². The summed E-state index contributed by atoms with van der Waals surface area (Å²) in [6, 6.07) is 3.55. The third-order valence-electron chi connectivity index (χ3n) is 3.79. The largest absolute Gasteiger partial charge is 0.490 e. The number of nitro benzene ring substituents is 1. The number of hydrogen-bond donors (Lipinski definition) is 1. The summed E-state index contributed by atoms with van der Waals surface area (Å²) < 4.78 is 9.98. The average Bonchev–Trinajstić information content (AvgIpc) is 2.61. The first kappa shape index (κ1) is 21.4. The van der Waals surface area contributed by atoms with Crippen molar-refractivity contribution in [3.8, 4) is 5.75 Å². The molecule has 1 aromatic rings. The molecule has 0 aromatic heterocycles. The Morgan fingerprint density at radius 1 is 1.27 bits per heavy atom. The number of rotatable bonds is 11. The van der Waals surface area contributed by atoms with E-state index in [-0.39, 0.29) is 30.4 Å². The Kier molecular flexibility index (Phi) is 9.11. The highest BCUT2D eigenvalue weighted by atomic mass is 16.6. The van der Waals surface area contributed by atoms with Crippen molar-refractivity contribution in [1.82, 2.24) is 5.32 Å². The Morgan fingerprint density at radius 2 is 2.00 bits per heavy atom. The van der Waals surface area contributed by atoms with Crippen molar-refractivity contribution in [2.24, 2.45) is 0 Å². The van der Waals surface area contributed by atoms with Crippen LogP contribution in [0.3, 0.4) is 0 Å². The molecule has 1 N–H and O–H groups in total. The summed E-state index contributed by atoms with van der Waals surface area (Å²) in [5, 5.41) is 13.8. The monoisotopic (exact) mass is 366 g/mol. The molecule has 1 rings (SSSR count). The summed E-state index contributed by atoms with van der Waals surface area (Å²) in [5.41, 5.74) is 0.339. The van der Waals surface area contributed by atoms with E-state index in [4.69, 9.17) is 9.47 Å². The third-order valence-corrected chi connectivity index (χ3v) is 3.79. The van der Waals surface area contributed by atoms with Crippen LogP contribution in [0, 0.1) is 10.1 Å². The van der Waals surface area contributed by atoms with Crippen LogP contribution < -0.4 is 10.1 Å². The van der Waals surface area contributed by atoms with Gasteiger partial charge in [-0.2, -0.15) is 0 Å². The number of nitrogens with one attached hydrogen (secondary N) is 1. The summed E-state index contributed by atoms with van der Waals surface area (Å²) in [4.78, 5) is 34.8. The van der Waals surface area contributed by atoms with E-state index in [1.54, 1.807) is 13.0 Å². The Morgan fingerprint density at radius 3 is 2.58 bits per heavy atom. The maximum Gasteiger partial charge on any atom is 0.328 e. The molecule has 1 unspecified atom stereocenters. The molecule has 0 heterocycles. The van der Waals surface area contributed by atoms with Gasteiger partial charge in [-0.15, -0.1) is 0 Å². The normalized spacial score (nSPS) is 11.5. The number of nitro groups is 1. The van der Waals surface area contributed by atoms with Gasteiger partial charge < -0.3 is 14.8 Å². The maximum absolute atomic E-state index is 12.2. The Labute approximate surface area is 153 Å². The number of carbonyl (C=O) groups is 2. The summed E-state index contributed by atoms with van der Waals surface area (Å²) in [6.45, 7) is 3.90. The molecule has 0 spiro atoms. The van der Waals surface area contributed by atoms with Gasteiger partial charge in [0.2, 0.25) is 5.91 Å². The van der Waals surface area contributed by atoms with E-state index in [0.29, 0.717) is 12.0 Å². The fourth-order valence-corrected chi connectivity index (χ4v) is 2.48. The molecule has 0 fully saturated rings. The van der Waals surface area contributed by atoms with E-state index in [1.807, 2.05) is 6.92 Å². The van der Waals surface area contributed by atoms with Gasteiger partial charge >= 0.3 is 11.7 Å². The molecule has 144 valence electrons. The summed E-state index contributed by atoms with van der Waals surface area (Å²) >= 11 is 0. The molecule has 0 aliphatic carbocycles. The Balaban J connectivity index is 2.91. The summed E-state index contributed by atoms with van der Waals surface area (Å²) in [5.74, 6) is -0.663. The first-order chi connectivity index (χ1) is 12.4. The standard InChI is InChI=1S/C18H26N2O6/c1-4-6-7-8-17(21)19-14(18(22)26-5-2)11-13-9-10-16(25-3)15(12-13)20(23)24/h9-10,12,14H,4-8,11H2,1-3H3,(H,19,21). The number of ether oxygens (including phenoxy) is 2. The lowest BCUT2D eigenvalue weighted by atomic mass is 10.0. The zero-order chi connectivity index (χ0) is 19.5. The highest BCUT2D eigenvalue weighted by Crippen LogP contribution is 2.28. The molecule has 1 amide bonds. The van der Waals surface area contributed by atoms with Gasteiger partial charge in [0, 0.05) is 18.9 Å². The lowest BCUT2D eigenvalue weighted by Crippen LogP contribution is -2.43. The van der Waals surface area contributed by atoms with Gasteiger partial charge in [0.05, 0.1) is 18.6 Å². The zero-order valence-electron chi connectivity index (χ0n) is 15.4. The van der Waals surface area contributed by atoms with Crippen LogP contribution in [0.2, 0.25) is 0 Å². The molecular weight excluding hydrogens is 340 g/mol. The topological polar surface area (TPSA) is 108 Å². The van der Waals surface area contributed by atoms with Crippen LogP contribution in [0.4, 0.5) is 5.69 Å². The fraction of sp³-hybridized carbons (Fsp3) is 0.556. The highest BCUT2D eigenvalue weighted by molar-refractivity contribution is 5.84. The molecule has 1 atom stereocenters. The number of esters is 1. The van der Waals surface area contributed by atoms with Crippen molar-refractivity contribution in [3.63, 3.8) is 0 Å². The third kappa shape index (κ3) is 6.70. The first-order valence-electron chi connectivity index (χ1n) is 8.70. The van der Waals surface area contributed by atoms with Crippen LogP contribution in [0.1, 0.15) is 45.1 Å². The summed E-state index contributed by atoms with van der Waals surface area (Å²) in [6.07, 6.45) is 3.09. The second-order valence-electron chi connectivity index (χ2n) is 5.80. The quantitative estimate of drug-likeness (QED) is 0.279. The van der Waals surface area contributed by atoms with E-state index in [9.17, 15) is 19.7 Å². The van der Waals surface area contributed by atoms with Crippen LogP contribution in [0.5, 0.6) is 5.75 Å². The molecule has 8 heteroatoms. The van der Waals surface area contributed by atoms with E-state index >= 15 is 0 Å². The Hall–Kier alpha value is -2.64. The minimum atomic E-state index is -0.892. The van der Waals surface area contributed by atoms with Crippen molar-refractivity contribution in [2.45, 2.75) is 52.0 Å². The molecule has 0 bridgehead atoms. The van der Waals surface area contributed by atoms with Crippen molar-refractivity contribution < 1.29 is 24.0 Å². The predicted octanol–water partition coefficient (Wildman–Crippen LogP) is 2.77.